The van der Waals surface area contributed by atoms with Gasteiger partial charge in [-0.1, -0.05) is 19.9 Å². The first-order valence-electron chi connectivity index (χ1n) is 12.0. The van der Waals surface area contributed by atoms with E-state index in [-0.39, 0.29) is 45.5 Å². The van der Waals surface area contributed by atoms with E-state index in [2.05, 4.69) is 26.0 Å². The lowest BCUT2D eigenvalue weighted by Crippen LogP contribution is -2.34. The second kappa shape index (κ2) is 11.6. The molecule has 0 bridgehead atoms. The largest absolute Gasteiger partial charge is 0.433 e. The summed E-state index contributed by atoms with van der Waals surface area (Å²) in [6.07, 6.45) is 1.75. The van der Waals surface area contributed by atoms with Crippen molar-refractivity contribution in [3.8, 4) is 5.75 Å². The smallest absolute Gasteiger partial charge is 0.387 e. The number of nitrogens with one attached hydrogen (secondary N) is 1. The topological polar surface area (TPSA) is 58.6 Å². The van der Waals surface area contributed by atoms with Gasteiger partial charge >= 0.3 is 6.61 Å². The number of nitrogens with zero attached hydrogens (tertiary/aromatic N) is 1. The first kappa shape index (κ1) is 27.6. The van der Waals surface area contributed by atoms with Crippen LogP contribution < -0.4 is 15.0 Å². The Morgan fingerprint density at radius 2 is 1.76 bits per heavy atom. The van der Waals surface area contributed by atoms with Crippen molar-refractivity contribution in [1.29, 1.82) is 0 Å². The molecular weight excluding hydrogens is 568 g/mol. The molecule has 38 heavy (non-hydrogen) atoms. The Labute approximate surface area is 225 Å². The van der Waals surface area contributed by atoms with Crippen molar-refractivity contribution in [3.05, 3.63) is 87.4 Å². The van der Waals surface area contributed by atoms with Gasteiger partial charge in [-0.25, -0.2) is 8.78 Å². The summed E-state index contributed by atoms with van der Waals surface area (Å²) in [6.45, 7) is 0.821. The maximum Gasteiger partial charge on any atom is 0.387 e. The summed E-state index contributed by atoms with van der Waals surface area (Å²) >= 11 is 3.28. The van der Waals surface area contributed by atoms with Gasteiger partial charge in [0, 0.05) is 16.6 Å². The number of amides is 2. The second-order valence-corrected chi connectivity index (χ2v) is 10.2. The van der Waals surface area contributed by atoms with Gasteiger partial charge in [0.25, 0.3) is 11.8 Å². The highest BCUT2D eigenvalue weighted by atomic mass is 79.9. The van der Waals surface area contributed by atoms with Crippen molar-refractivity contribution in [1.82, 2.24) is 0 Å². The minimum absolute atomic E-state index is 0.0127. The Hall–Kier alpha value is -3.40. The average Bonchev–Trinajstić information content (AvgIpc) is 3.68. The van der Waals surface area contributed by atoms with Crippen LogP contribution in [0.1, 0.15) is 58.9 Å². The van der Waals surface area contributed by atoms with Crippen molar-refractivity contribution in [2.75, 3.05) is 16.8 Å². The van der Waals surface area contributed by atoms with Gasteiger partial charge in [-0.2, -0.15) is 8.78 Å². The van der Waals surface area contributed by atoms with Gasteiger partial charge in [-0.05, 0) is 94.7 Å². The molecule has 200 valence electrons. The van der Waals surface area contributed by atoms with Crippen LogP contribution in [0.4, 0.5) is 28.9 Å². The van der Waals surface area contributed by atoms with Crippen molar-refractivity contribution >= 4 is 39.1 Å². The fourth-order valence-corrected chi connectivity index (χ4v) is 4.49. The van der Waals surface area contributed by atoms with Gasteiger partial charge < -0.3 is 15.0 Å². The third-order valence-electron chi connectivity index (χ3n) is 6.19. The normalized spacial score (nSPS) is 13.1. The number of ether oxygens (including phenoxy) is 1. The van der Waals surface area contributed by atoms with Gasteiger partial charge in [-0.15, -0.1) is 0 Å². The van der Waals surface area contributed by atoms with Crippen molar-refractivity contribution in [2.45, 2.75) is 39.2 Å². The van der Waals surface area contributed by atoms with Gasteiger partial charge in [0.15, 0.2) is 11.6 Å². The predicted octanol–water partition coefficient (Wildman–Crippen LogP) is 7.76. The predicted molar refractivity (Wildman–Crippen MR) is 140 cm³/mol. The zero-order chi connectivity index (χ0) is 27.6. The maximum absolute atomic E-state index is 15.8. The molecule has 1 fully saturated rings. The zero-order valence-corrected chi connectivity index (χ0v) is 22.2. The third-order valence-corrected chi connectivity index (χ3v) is 6.81. The van der Waals surface area contributed by atoms with E-state index in [9.17, 15) is 22.8 Å². The Balaban J connectivity index is 1.68. The van der Waals surface area contributed by atoms with Gasteiger partial charge in [0.1, 0.15) is 5.82 Å². The molecule has 1 aliphatic carbocycles. The van der Waals surface area contributed by atoms with Crippen LogP contribution in [0.2, 0.25) is 0 Å². The molecule has 5 nitrogen and oxygen atoms in total. The number of alkyl halides is 2. The summed E-state index contributed by atoms with van der Waals surface area (Å²) < 4.78 is 60.3. The average molecular weight is 593 g/mol. The van der Waals surface area contributed by atoms with Crippen LogP contribution in [0.15, 0.2) is 59.1 Å². The molecule has 0 unspecified atom stereocenters. The standard InChI is InChI=1S/C28H25BrF4N2O3/c1-15(2)18-12-21(29)25(23(13-18)38-28(32)33)34-26(36)20-4-3-5-22(24(20)31)35(14-16-6-7-16)27(37)17-8-10-19(30)11-9-17/h3-5,8-13,15-16,28H,6-7,14H2,1-2H3,(H,34,36). The SMILES string of the molecule is CC(C)c1cc(Br)c(NC(=O)c2cccc(N(CC3CC3)C(=O)c3ccc(F)cc3)c2F)c(OC(F)F)c1. The summed E-state index contributed by atoms with van der Waals surface area (Å²) in [5.41, 5.74) is 0.273. The fourth-order valence-electron chi connectivity index (χ4n) is 3.93. The lowest BCUT2D eigenvalue weighted by molar-refractivity contribution is -0.0494. The summed E-state index contributed by atoms with van der Waals surface area (Å²) in [5.74, 6) is -3.02. The molecule has 0 aromatic heterocycles. The molecule has 1 aliphatic rings. The number of benzene rings is 3. The Morgan fingerprint density at radius 3 is 2.37 bits per heavy atom. The molecule has 10 heteroatoms. The van der Waals surface area contributed by atoms with E-state index in [1.54, 1.807) is 6.07 Å². The van der Waals surface area contributed by atoms with Crippen LogP contribution in [0, 0.1) is 17.6 Å². The number of halogens is 5. The zero-order valence-electron chi connectivity index (χ0n) is 20.6. The van der Waals surface area contributed by atoms with E-state index in [0.29, 0.717) is 5.56 Å². The second-order valence-electron chi connectivity index (χ2n) is 9.37. The molecule has 0 aliphatic heterocycles. The highest BCUT2D eigenvalue weighted by Crippen LogP contribution is 2.38. The van der Waals surface area contributed by atoms with Crippen molar-refractivity contribution in [2.24, 2.45) is 5.92 Å². The lowest BCUT2D eigenvalue weighted by Gasteiger charge is -2.24. The summed E-state index contributed by atoms with van der Waals surface area (Å²) in [4.78, 5) is 27.7. The highest BCUT2D eigenvalue weighted by Gasteiger charge is 2.31. The van der Waals surface area contributed by atoms with E-state index in [4.69, 9.17) is 0 Å². The molecule has 0 atom stereocenters. The van der Waals surface area contributed by atoms with Gasteiger partial charge in [0.05, 0.1) is 16.9 Å². The van der Waals surface area contributed by atoms with Gasteiger partial charge in [0.2, 0.25) is 0 Å². The molecule has 1 saturated carbocycles. The van der Waals surface area contributed by atoms with E-state index >= 15 is 4.39 Å². The van der Waals surface area contributed by atoms with Gasteiger partial charge in [-0.3, -0.25) is 9.59 Å². The van der Waals surface area contributed by atoms with Crippen LogP contribution in [-0.2, 0) is 0 Å². The van der Waals surface area contributed by atoms with E-state index in [1.807, 2.05) is 13.8 Å². The van der Waals surface area contributed by atoms with Crippen molar-refractivity contribution in [3.63, 3.8) is 0 Å². The molecule has 0 heterocycles. The van der Waals surface area contributed by atoms with E-state index in [1.165, 1.54) is 41.3 Å². The Bertz CT molecular complexity index is 1340. The van der Waals surface area contributed by atoms with Crippen molar-refractivity contribution < 1.29 is 31.9 Å². The van der Waals surface area contributed by atoms with Crippen LogP contribution in [-0.4, -0.2) is 25.0 Å². The molecule has 0 saturated heterocycles. The third kappa shape index (κ3) is 6.35. The maximum atomic E-state index is 15.8. The first-order valence-corrected chi connectivity index (χ1v) is 12.8. The summed E-state index contributed by atoms with van der Waals surface area (Å²) in [5, 5.41) is 2.46. The van der Waals surface area contributed by atoms with Crippen LogP contribution in [0.25, 0.3) is 0 Å². The number of anilines is 2. The lowest BCUT2D eigenvalue weighted by atomic mass is 10.0. The number of carbonyl (C=O) groups excluding carboxylic acids is 2. The van der Waals surface area contributed by atoms with E-state index in [0.717, 1.165) is 25.0 Å². The highest BCUT2D eigenvalue weighted by molar-refractivity contribution is 9.10. The fraction of sp³-hybridized carbons (Fsp3) is 0.286. The van der Waals surface area contributed by atoms with Crippen LogP contribution in [0.5, 0.6) is 5.75 Å². The molecule has 0 radical (unpaired) electrons. The molecule has 0 spiro atoms. The first-order chi connectivity index (χ1) is 18.0. The van der Waals surface area contributed by atoms with E-state index < -0.39 is 35.6 Å². The Morgan fingerprint density at radius 1 is 1.08 bits per heavy atom. The molecule has 2 amide bonds. The molecule has 3 aromatic rings. The molecule has 3 aromatic carbocycles. The number of carbonyl (C=O) groups is 2. The number of hydrogen-bond acceptors (Lipinski definition) is 3. The van der Waals surface area contributed by atoms with Crippen LogP contribution in [0.3, 0.4) is 0 Å². The van der Waals surface area contributed by atoms with Crippen LogP contribution >= 0.6 is 15.9 Å². The minimum atomic E-state index is -3.14. The number of hydrogen-bond donors (Lipinski definition) is 1. The number of rotatable bonds is 9. The summed E-state index contributed by atoms with van der Waals surface area (Å²) in [7, 11) is 0. The quantitative estimate of drug-likeness (QED) is 0.258. The Kier molecular flexibility index (Phi) is 8.40. The minimum Gasteiger partial charge on any atom is -0.433 e. The summed E-state index contributed by atoms with van der Waals surface area (Å²) in [6, 6.07) is 12.0. The molecule has 1 N–H and O–H groups in total. The molecular formula is C28H25BrF4N2O3. The molecule has 4 rings (SSSR count). The monoisotopic (exact) mass is 592 g/mol.